The summed E-state index contributed by atoms with van der Waals surface area (Å²) < 4.78 is 11.0. The number of hydrogen-bond acceptors (Lipinski definition) is 6. The second-order valence-corrected chi connectivity index (χ2v) is 8.23. The topological polar surface area (TPSA) is 59.1 Å². The summed E-state index contributed by atoms with van der Waals surface area (Å²) in [5.74, 6) is -0.0254. The minimum Gasteiger partial charge on any atom is -0.497 e. The summed E-state index contributed by atoms with van der Waals surface area (Å²) in [5.41, 5.74) is 1.67. The minimum absolute atomic E-state index is 0.246. The fourth-order valence-corrected chi connectivity index (χ4v) is 5.12. The second kappa shape index (κ2) is 8.47. The molecule has 6 nitrogen and oxygen atoms in total. The van der Waals surface area contributed by atoms with Crippen molar-refractivity contribution in [2.24, 2.45) is 0 Å². The van der Waals surface area contributed by atoms with Gasteiger partial charge in [-0.15, -0.1) is 0 Å². The van der Waals surface area contributed by atoms with Gasteiger partial charge in [-0.05, 0) is 50.8 Å². The molecule has 0 unspecified atom stereocenters. The van der Waals surface area contributed by atoms with Crippen molar-refractivity contribution in [3.63, 3.8) is 0 Å². The number of thioether (sulfide) groups is 1. The average Bonchev–Trinajstić information content (AvgIpc) is 2.81. The largest absolute Gasteiger partial charge is 0.497 e. The van der Waals surface area contributed by atoms with Crippen LogP contribution in [0.2, 0.25) is 0 Å². The summed E-state index contributed by atoms with van der Waals surface area (Å²) in [4.78, 5) is 29.3. The van der Waals surface area contributed by atoms with Gasteiger partial charge in [-0.25, -0.2) is 0 Å². The summed E-state index contributed by atoms with van der Waals surface area (Å²) in [5, 5.41) is 0. The smallest absolute Gasteiger partial charge is 0.303 e. The zero-order valence-corrected chi connectivity index (χ0v) is 18.2. The Morgan fingerprint density at radius 2 is 1.83 bits per heavy atom. The molecule has 2 aromatic rings. The Labute approximate surface area is 175 Å². The number of ether oxygens (including phenoxy) is 2. The maximum Gasteiger partial charge on any atom is 0.303 e. The number of benzene rings is 2. The van der Waals surface area contributed by atoms with Crippen LogP contribution in [0.5, 0.6) is 5.75 Å². The molecular formula is C22H26N2O4S. The van der Waals surface area contributed by atoms with Crippen LogP contribution in [0.4, 0.5) is 5.69 Å². The number of methoxy groups -OCH3 is 1. The first-order chi connectivity index (χ1) is 13.8. The maximum atomic E-state index is 13.7. The van der Waals surface area contributed by atoms with Crippen LogP contribution in [0.1, 0.15) is 19.4 Å². The van der Waals surface area contributed by atoms with Crippen molar-refractivity contribution in [3.8, 4) is 5.75 Å². The zero-order chi connectivity index (χ0) is 21.2. The fourth-order valence-electron chi connectivity index (χ4n) is 3.66. The molecule has 3 rings (SSSR count). The first kappa shape index (κ1) is 21.2. The lowest BCUT2D eigenvalue weighted by Gasteiger charge is -2.43. The number of carbonyl (C=O) groups excluding carboxylic acids is 2. The van der Waals surface area contributed by atoms with Gasteiger partial charge in [0.15, 0.2) is 0 Å². The summed E-state index contributed by atoms with van der Waals surface area (Å²) in [6, 6.07) is 15.3. The molecule has 1 aliphatic rings. The van der Waals surface area contributed by atoms with Gasteiger partial charge in [0.2, 0.25) is 6.10 Å². The summed E-state index contributed by atoms with van der Waals surface area (Å²) in [7, 11) is 5.40. The first-order valence-corrected chi connectivity index (χ1v) is 10.2. The van der Waals surface area contributed by atoms with E-state index in [2.05, 4.69) is 0 Å². The van der Waals surface area contributed by atoms with E-state index in [-0.39, 0.29) is 5.91 Å². The molecular weight excluding hydrogens is 388 g/mol. The van der Waals surface area contributed by atoms with Crippen LogP contribution in [0.3, 0.4) is 0 Å². The summed E-state index contributed by atoms with van der Waals surface area (Å²) in [6.45, 7) is 3.72. The number of hydrogen-bond donors (Lipinski definition) is 0. The number of rotatable bonds is 5. The van der Waals surface area contributed by atoms with Crippen molar-refractivity contribution in [2.45, 2.75) is 29.7 Å². The highest BCUT2D eigenvalue weighted by Gasteiger charge is 2.53. The number of amides is 1. The van der Waals surface area contributed by atoms with Gasteiger partial charge in [0.05, 0.1) is 12.8 Å². The molecule has 0 aromatic heterocycles. The van der Waals surface area contributed by atoms with E-state index in [0.29, 0.717) is 12.3 Å². The van der Waals surface area contributed by atoms with E-state index in [9.17, 15) is 9.59 Å². The van der Waals surface area contributed by atoms with E-state index in [1.165, 1.54) is 18.7 Å². The number of anilines is 1. The van der Waals surface area contributed by atoms with Gasteiger partial charge in [-0.2, -0.15) is 0 Å². The summed E-state index contributed by atoms with van der Waals surface area (Å²) in [6.07, 6.45) is -1.03. The van der Waals surface area contributed by atoms with E-state index in [1.54, 1.807) is 12.0 Å². The molecule has 29 heavy (non-hydrogen) atoms. The third kappa shape index (κ3) is 3.72. The molecule has 0 radical (unpaired) electrons. The number of carbonyl (C=O) groups is 2. The SMILES string of the molecule is CCN1C(=O)[C@H](OC(C)=O)[C@@](c2ccc(OC)cc2)(N(C)C)Sc2ccccc21. The standard InChI is InChI=1S/C22H26N2O4S/c1-6-24-18-9-7-8-10-19(18)29-22(23(3)4,20(21(24)26)28-15(2)25)16-11-13-17(27-5)14-12-16/h7-14,20H,6H2,1-5H3/t20-,22-/m0/s1. The molecule has 0 fully saturated rings. The molecule has 2 aromatic carbocycles. The van der Waals surface area contributed by atoms with Crippen molar-refractivity contribution in [2.75, 3.05) is 32.6 Å². The van der Waals surface area contributed by atoms with E-state index in [4.69, 9.17) is 9.47 Å². The highest BCUT2D eigenvalue weighted by molar-refractivity contribution is 8.00. The van der Waals surface area contributed by atoms with Crippen LogP contribution in [0.25, 0.3) is 0 Å². The average molecular weight is 415 g/mol. The van der Waals surface area contributed by atoms with E-state index in [0.717, 1.165) is 16.1 Å². The lowest BCUT2D eigenvalue weighted by atomic mass is 9.97. The molecule has 0 N–H and O–H groups in total. The van der Waals surface area contributed by atoms with Gasteiger partial charge in [-0.1, -0.05) is 36.0 Å². The maximum absolute atomic E-state index is 13.7. The van der Waals surface area contributed by atoms with Crippen LogP contribution in [-0.4, -0.2) is 50.6 Å². The molecule has 0 saturated carbocycles. The Balaban J connectivity index is 2.29. The third-order valence-electron chi connectivity index (χ3n) is 5.04. The van der Waals surface area contributed by atoms with Crippen molar-refractivity contribution < 1.29 is 19.1 Å². The van der Waals surface area contributed by atoms with Gasteiger partial charge in [0, 0.05) is 18.4 Å². The lowest BCUT2D eigenvalue weighted by Crippen LogP contribution is -2.56. The number of para-hydroxylation sites is 1. The van der Waals surface area contributed by atoms with Crippen LogP contribution >= 0.6 is 11.8 Å². The first-order valence-electron chi connectivity index (χ1n) is 9.43. The molecule has 1 aliphatic heterocycles. The van der Waals surface area contributed by atoms with Gasteiger partial charge in [0.25, 0.3) is 5.91 Å². The van der Waals surface area contributed by atoms with Gasteiger partial charge >= 0.3 is 5.97 Å². The van der Waals surface area contributed by atoms with Crippen molar-refractivity contribution in [1.29, 1.82) is 0 Å². The number of fused-ring (bicyclic) bond motifs is 1. The Hall–Kier alpha value is -2.51. The quantitative estimate of drug-likeness (QED) is 0.698. The van der Waals surface area contributed by atoms with Crippen LogP contribution in [-0.2, 0) is 19.2 Å². The molecule has 7 heteroatoms. The molecule has 2 atom stereocenters. The lowest BCUT2D eigenvalue weighted by molar-refractivity contribution is -0.158. The van der Waals surface area contributed by atoms with E-state index in [1.807, 2.05) is 74.4 Å². The van der Waals surface area contributed by atoms with Crippen LogP contribution in [0, 0.1) is 0 Å². The van der Waals surface area contributed by atoms with Gasteiger partial charge in [0.1, 0.15) is 10.6 Å². The van der Waals surface area contributed by atoms with Crippen molar-refractivity contribution in [1.82, 2.24) is 4.90 Å². The van der Waals surface area contributed by atoms with Crippen LogP contribution < -0.4 is 9.64 Å². The molecule has 0 spiro atoms. The fraction of sp³-hybridized carbons (Fsp3) is 0.364. The second-order valence-electron chi connectivity index (χ2n) is 6.96. The monoisotopic (exact) mass is 414 g/mol. The Morgan fingerprint density at radius 3 is 2.38 bits per heavy atom. The highest BCUT2D eigenvalue weighted by atomic mass is 32.2. The Morgan fingerprint density at radius 1 is 1.17 bits per heavy atom. The molecule has 0 saturated heterocycles. The predicted octanol–water partition coefficient (Wildman–Crippen LogP) is 3.50. The summed E-state index contributed by atoms with van der Waals surface area (Å²) >= 11 is 1.52. The van der Waals surface area contributed by atoms with Gasteiger partial charge in [-0.3, -0.25) is 14.5 Å². The number of esters is 1. The highest BCUT2D eigenvalue weighted by Crippen LogP contribution is 2.52. The van der Waals surface area contributed by atoms with Crippen molar-refractivity contribution >= 4 is 29.3 Å². The van der Waals surface area contributed by atoms with E-state index >= 15 is 0 Å². The van der Waals surface area contributed by atoms with Crippen molar-refractivity contribution in [3.05, 3.63) is 54.1 Å². The molecule has 0 bridgehead atoms. The minimum atomic E-state index is -1.03. The zero-order valence-electron chi connectivity index (χ0n) is 17.3. The Kier molecular flexibility index (Phi) is 6.19. The Bertz CT molecular complexity index is 900. The molecule has 154 valence electrons. The third-order valence-corrected chi connectivity index (χ3v) is 6.73. The number of likely N-dealkylation sites (N-methyl/N-ethyl adjacent to an activating group) is 2. The molecule has 1 amide bonds. The van der Waals surface area contributed by atoms with Gasteiger partial charge < -0.3 is 14.4 Å². The molecule has 1 heterocycles. The predicted molar refractivity (Wildman–Crippen MR) is 114 cm³/mol. The normalized spacial score (nSPS) is 21.5. The molecule has 0 aliphatic carbocycles. The van der Waals surface area contributed by atoms with Crippen LogP contribution in [0.15, 0.2) is 53.4 Å². The number of nitrogens with zero attached hydrogens (tertiary/aromatic N) is 2. The van der Waals surface area contributed by atoms with E-state index < -0.39 is 16.9 Å².